The molecule has 0 aliphatic carbocycles. The van der Waals surface area contributed by atoms with E-state index in [2.05, 4.69) is 20.1 Å². The van der Waals surface area contributed by atoms with Crippen molar-refractivity contribution >= 4 is 10.9 Å². The normalized spacial score (nSPS) is 12.8. The Morgan fingerprint density at radius 3 is 2.95 bits per heavy atom. The van der Waals surface area contributed by atoms with E-state index in [0.717, 1.165) is 10.9 Å². The Hall–Kier alpha value is -2.41. The standard InChI is InChI=1S/C12H13N5O2/c1-7(18)11-15-6-17(16-11)12-10-8(3-4-13-10)9(19-2)5-14-12/h3-7,13,18H,1-2H3/t7-/m1/s1. The Labute approximate surface area is 108 Å². The van der Waals surface area contributed by atoms with Gasteiger partial charge in [0, 0.05) is 11.6 Å². The zero-order chi connectivity index (χ0) is 13.4. The number of fused-ring (bicyclic) bond motifs is 1. The molecule has 7 nitrogen and oxygen atoms in total. The first kappa shape index (κ1) is 11.7. The van der Waals surface area contributed by atoms with Gasteiger partial charge in [-0.2, -0.15) is 0 Å². The van der Waals surface area contributed by atoms with Crippen molar-refractivity contribution in [3.63, 3.8) is 0 Å². The maximum Gasteiger partial charge on any atom is 0.179 e. The second kappa shape index (κ2) is 4.36. The summed E-state index contributed by atoms with van der Waals surface area (Å²) in [6, 6.07) is 1.91. The fourth-order valence-electron chi connectivity index (χ4n) is 1.92. The van der Waals surface area contributed by atoms with Crippen LogP contribution in [0.25, 0.3) is 16.7 Å². The fraction of sp³-hybridized carbons (Fsp3) is 0.250. The maximum atomic E-state index is 9.45. The van der Waals surface area contributed by atoms with Crippen LogP contribution in [0.5, 0.6) is 5.75 Å². The number of aliphatic hydroxyl groups excluding tert-OH is 1. The summed E-state index contributed by atoms with van der Waals surface area (Å²) >= 11 is 0. The van der Waals surface area contributed by atoms with Gasteiger partial charge in [0.2, 0.25) is 0 Å². The summed E-state index contributed by atoms with van der Waals surface area (Å²) in [4.78, 5) is 11.5. The predicted molar refractivity (Wildman–Crippen MR) is 68.2 cm³/mol. The molecular weight excluding hydrogens is 246 g/mol. The first-order valence-electron chi connectivity index (χ1n) is 5.80. The van der Waals surface area contributed by atoms with Gasteiger partial charge in [0.05, 0.1) is 18.8 Å². The molecule has 0 bridgehead atoms. The van der Waals surface area contributed by atoms with Gasteiger partial charge in [-0.25, -0.2) is 14.6 Å². The number of H-pyrrole nitrogens is 1. The molecule has 0 saturated heterocycles. The van der Waals surface area contributed by atoms with E-state index in [1.807, 2.05) is 12.3 Å². The van der Waals surface area contributed by atoms with E-state index in [1.54, 1.807) is 20.2 Å². The van der Waals surface area contributed by atoms with Gasteiger partial charge in [-0.05, 0) is 13.0 Å². The molecule has 0 aromatic carbocycles. The van der Waals surface area contributed by atoms with Crippen molar-refractivity contribution in [2.24, 2.45) is 0 Å². The summed E-state index contributed by atoms with van der Waals surface area (Å²) in [7, 11) is 1.60. The average molecular weight is 259 g/mol. The molecule has 2 N–H and O–H groups in total. The molecule has 0 radical (unpaired) electrons. The van der Waals surface area contributed by atoms with Crippen LogP contribution in [0.15, 0.2) is 24.8 Å². The average Bonchev–Trinajstić information content (AvgIpc) is 3.06. The summed E-state index contributed by atoms with van der Waals surface area (Å²) < 4.78 is 6.78. The molecule has 3 aromatic heterocycles. The van der Waals surface area contributed by atoms with E-state index < -0.39 is 6.10 Å². The zero-order valence-corrected chi connectivity index (χ0v) is 10.5. The van der Waals surface area contributed by atoms with E-state index >= 15 is 0 Å². The van der Waals surface area contributed by atoms with Crippen molar-refractivity contribution in [2.45, 2.75) is 13.0 Å². The number of nitrogens with one attached hydrogen (secondary N) is 1. The molecule has 1 atom stereocenters. The third-order valence-corrected chi connectivity index (χ3v) is 2.86. The number of pyridine rings is 1. The molecule has 0 aliphatic heterocycles. The Bertz CT molecular complexity index is 716. The van der Waals surface area contributed by atoms with Gasteiger partial charge >= 0.3 is 0 Å². The molecule has 0 unspecified atom stereocenters. The van der Waals surface area contributed by atoms with Gasteiger partial charge in [0.1, 0.15) is 18.2 Å². The van der Waals surface area contributed by atoms with Crippen molar-refractivity contribution in [3.05, 3.63) is 30.6 Å². The molecule has 3 aromatic rings. The van der Waals surface area contributed by atoms with Crippen LogP contribution in [0.4, 0.5) is 0 Å². The van der Waals surface area contributed by atoms with Crippen LogP contribution in [-0.4, -0.2) is 36.9 Å². The van der Waals surface area contributed by atoms with Crippen molar-refractivity contribution in [1.29, 1.82) is 0 Å². The first-order valence-corrected chi connectivity index (χ1v) is 5.80. The lowest BCUT2D eigenvalue weighted by molar-refractivity contribution is 0.189. The minimum atomic E-state index is -0.710. The lowest BCUT2D eigenvalue weighted by atomic mass is 10.3. The van der Waals surface area contributed by atoms with Gasteiger partial charge in [-0.15, -0.1) is 5.10 Å². The number of hydrogen-bond acceptors (Lipinski definition) is 5. The smallest absolute Gasteiger partial charge is 0.179 e. The lowest BCUT2D eigenvalue weighted by Crippen LogP contribution is -2.02. The van der Waals surface area contributed by atoms with Crippen molar-refractivity contribution < 1.29 is 9.84 Å². The largest absolute Gasteiger partial charge is 0.494 e. The summed E-state index contributed by atoms with van der Waals surface area (Å²) in [5, 5.41) is 14.6. The number of rotatable bonds is 3. The predicted octanol–water partition coefficient (Wildman–Crippen LogP) is 1.21. The first-order chi connectivity index (χ1) is 9.20. The van der Waals surface area contributed by atoms with Crippen molar-refractivity contribution in [2.75, 3.05) is 7.11 Å². The quantitative estimate of drug-likeness (QED) is 0.738. The maximum absolute atomic E-state index is 9.45. The number of methoxy groups -OCH3 is 1. The number of aliphatic hydroxyl groups is 1. The number of hydrogen-bond donors (Lipinski definition) is 2. The minimum Gasteiger partial charge on any atom is -0.494 e. The Kier molecular flexibility index (Phi) is 2.68. The number of ether oxygens (including phenoxy) is 1. The Morgan fingerprint density at radius 2 is 2.26 bits per heavy atom. The van der Waals surface area contributed by atoms with Crippen LogP contribution in [0.2, 0.25) is 0 Å². The topological polar surface area (TPSA) is 88.8 Å². The molecule has 0 amide bonds. The van der Waals surface area contributed by atoms with Crippen LogP contribution in [0.1, 0.15) is 18.9 Å². The third-order valence-electron chi connectivity index (χ3n) is 2.86. The molecule has 0 fully saturated rings. The highest BCUT2D eigenvalue weighted by atomic mass is 16.5. The van der Waals surface area contributed by atoms with Crippen molar-refractivity contribution in [3.8, 4) is 11.6 Å². The molecule has 3 heterocycles. The summed E-state index contributed by atoms with van der Waals surface area (Å²) in [5.74, 6) is 1.66. The molecule has 0 spiro atoms. The molecule has 19 heavy (non-hydrogen) atoms. The molecule has 3 rings (SSSR count). The van der Waals surface area contributed by atoms with Crippen LogP contribution >= 0.6 is 0 Å². The molecule has 98 valence electrons. The van der Waals surface area contributed by atoms with E-state index in [1.165, 1.54) is 11.0 Å². The van der Waals surface area contributed by atoms with Crippen LogP contribution < -0.4 is 4.74 Å². The highest BCUT2D eigenvalue weighted by Crippen LogP contribution is 2.27. The molecule has 7 heteroatoms. The van der Waals surface area contributed by atoms with E-state index in [9.17, 15) is 5.11 Å². The fourth-order valence-corrected chi connectivity index (χ4v) is 1.92. The zero-order valence-electron chi connectivity index (χ0n) is 10.5. The monoisotopic (exact) mass is 259 g/mol. The lowest BCUT2D eigenvalue weighted by Gasteiger charge is -2.05. The summed E-state index contributed by atoms with van der Waals surface area (Å²) in [5.41, 5.74) is 0.807. The van der Waals surface area contributed by atoms with Gasteiger partial charge < -0.3 is 14.8 Å². The molecule has 0 saturated carbocycles. The molecular formula is C12H13N5O2. The summed E-state index contributed by atoms with van der Waals surface area (Å²) in [6.45, 7) is 1.62. The summed E-state index contributed by atoms with van der Waals surface area (Å²) in [6.07, 6.45) is 4.26. The van der Waals surface area contributed by atoms with Crippen LogP contribution in [0.3, 0.4) is 0 Å². The van der Waals surface area contributed by atoms with Crippen LogP contribution in [0, 0.1) is 0 Å². The number of nitrogens with zero attached hydrogens (tertiary/aromatic N) is 4. The van der Waals surface area contributed by atoms with Gasteiger partial charge in [-0.1, -0.05) is 0 Å². The minimum absolute atomic E-state index is 0.359. The second-order valence-electron chi connectivity index (χ2n) is 4.14. The number of aromatic nitrogens is 5. The van der Waals surface area contributed by atoms with Crippen LogP contribution in [-0.2, 0) is 0 Å². The van der Waals surface area contributed by atoms with Gasteiger partial charge in [0.15, 0.2) is 11.6 Å². The van der Waals surface area contributed by atoms with E-state index in [-0.39, 0.29) is 0 Å². The highest BCUT2D eigenvalue weighted by Gasteiger charge is 2.13. The highest BCUT2D eigenvalue weighted by molar-refractivity contribution is 5.90. The van der Waals surface area contributed by atoms with E-state index in [0.29, 0.717) is 17.4 Å². The Balaban J connectivity index is 2.16. The Morgan fingerprint density at radius 1 is 1.42 bits per heavy atom. The van der Waals surface area contributed by atoms with Crippen molar-refractivity contribution in [1.82, 2.24) is 24.7 Å². The van der Waals surface area contributed by atoms with E-state index in [4.69, 9.17) is 4.74 Å². The van der Waals surface area contributed by atoms with Gasteiger partial charge in [-0.3, -0.25) is 0 Å². The number of aromatic amines is 1. The molecule has 0 aliphatic rings. The second-order valence-corrected chi connectivity index (χ2v) is 4.14. The van der Waals surface area contributed by atoms with Gasteiger partial charge in [0.25, 0.3) is 0 Å². The SMILES string of the molecule is COc1cnc(-n2cnc([C@@H](C)O)n2)c2[nH]ccc12. The third kappa shape index (κ3) is 1.84.